The smallest absolute Gasteiger partial charge is 0.326 e. The molecule has 0 saturated carbocycles. The van der Waals surface area contributed by atoms with Gasteiger partial charge in [0.1, 0.15) is 4.88 Å². The van der Waals surface area contributed by atoms with Crippen LogP contribution >= 0.6 is 11.3 Å². The van der Waals surface area contributed by atoms with Gasteiger partial charge in [0, 0.05) is 29.2 Å². The molecule has 1 saturated heterocycles. The van der Waals surface area contributed by atoms with Crippen molar-refractivity contribution in [2.75, 3.05) is 31.2 Å². The Morgan fingerprint density at radius 2 is 2.11 bits per heavy atom. The van der Waals surface area contributed by atoms with E-state index < -0.39 is 5.91 Å². The number of aromatic nitrogens is 4. The second-order valence-electron chi connectivity index (χ2n) is 6.33. The highest BCUT2D eigenvalue weighted by Gasteiger charge is 2.22. The number of thiophene rings is 1. The molecule has 1 fully saturated rings. The Bertz CT molecular complexity index is 1210. The molecule has 28 heavy (non-hydrogen) atoms. The van der Waals surface area contributed by atoms with Crippen LogP contribution < -0.4 is 4.90 Å². The van der Waals surface area contributed by atoms with Gasteiger partial charge in [0.2, 0.25) is 0 Å². The maximum absolute atomic E-state index is 11.8. The summed E-state index contributed by atoms with van der Waals surface area (Å²) in [5.41, 5.74) is 2.35. The number of fused-ring (bicyclic) bond motifs is 2. The summed E-state index contributed by atoms with van der Waals surface area (Å²) >= 11 is 1.19. The predicted molar refractivity (Wildman–Crippen MR) is 106 cm³/mol. The maximum atomic E-state index is 11.8. The molecular formula is C18H14N6O3S. The van der Waals surface area contributed by atoms with Crippen molar-refractivity contribution in [1.82, 2.24) is 20.2 Å². The molecule has 9 nitrogen and oxygen atoms in total. The Hall–Kier alpha value is -3.24. The molecule has 140 valence electrons. The first kappa shape index (κ1) is 16.9. The van der Waals surface area contributed by atoms with Crippen LogP contribution in [-0.2, 0) is 4.74 Å². The lowest BCUT2D eigenvalue weighted by molar-refractivity contribution is 0.100. The van der Waals surface area contributed by atoms with E-state index in [1.807, 2.05) is 18.2 Å². The van der Waals surface area contributed by atoms with Crippen LogP contribution in [-0.4, -0.2) is 52.4 Å². The average Bonchev–Trinajstić information content (AvgIpc) is 3.39. The lowest BCUT2D eigenvalue weighted by Crippen LogP contribution is -2.36. The van der Waals surface area contributed by atoms with Gasteiger partial charge >= 0.3 is 5.91 Å². The Labute approximate surface area is 162 Å². The fraction of sp³-hybridized carbons (Fsp3) is 0.222. The molecule has 4 heterocycles. The number of benzene rings is 1. The van der Waals surface area contributed by atoms with Gasteiger partial charge in [0.15, 0.2) is 11.6 Å². The molecule has 0 radical (unpaired) electrons. The van der Waals surface area contributed by atoms with Crippen LogP contribution in [0.1, 0.15) is 9.67 Å². The number of hydrogen-bond donors (Lipinski definition) is 1. The largest absolute Gasteiger partial charge is 0.378 e. The quantitative estimate of drug-likeness (QED) is 0.531. The second kappa shape index (κ2) is 6.73. The zero-order valence-electron chi connectivity index (χ0n) is 14.6. The number of carbonyl (C=O) groups is 1. The lowest BCUT2D eigenvalue weighted by Gasteiger charge is -2.28. The van der Waals surface area contributed by atoms with Crippen LogP contribution in [0.3, 0.4) is 0 Å². The summed E-state index contributed by atoms with van der Waals surface area (Å²) in [5, 5.41) is 10.5. The summed E-state index contributed by atoms with van der Waals surface area (Å²) in [6, 6.07) is 7.39. The van der Waals surface area contributed by atoms with Gasteiger partial charge in [0.25, 0.3) is 0 Å². The van der Waals surface area contributed by atoms with Crippen LogP contribution in [0.2, 0.25) is 0 Å². The van der Waals surface area contributed by atoms with Gasteiger partial charge in [0.05, 0.1) is 35.1 Å². The zero-order valence-corrected chi connectivity index (χ0v) is 15.4. The van der Waals surface area contributed by atoms with E-state index in [1.165, 1.54) is 11.3 Å². The predicted octanol–water partition coefficient (Wildman–Crippen LogP) is 2.98. The minimum Gasteiger partial charge on any atom is -0.378 e. The number of ether oxygens (including phenoxy) is 1. The minimum atomic E-state index is -0.797. The van der Waals surface area contributed by atoms with E-state index in [0.717, 1.165) is 27.0 Å². The normalized spacial score (nSPS) is 14.6. The first-order chi connectivity index (χ1) is 13.7. The SMILES string of the molecule is O=NC(=O)c1cc2nc(-c3cccc4[nH]ncc34)nc(N3CCOCC3)c2s1. The highest BCUT2D eigenvalue weighted by molar-refractivity contribution is 7.21. The maximum Gasteiger partial charge on any atom is 0.326 e. The topological polar surface area (TPSA) is 113 Å². The highest BCUT2D eigenvalue weighted by Crippen LogP contribution is 2.36. The second-order valence-corrected chi connectivity index (χ2v) is 7.38. The number of H-pyrrole nitrogens is 1. The molecule has 1 amide bonds. The summed E-state index contributed by atoms with van der Waals surface area (Å²) in [6.07, 6.45) is 1.74. The third-order valence-electron chi connectivity index (χ3n) is 4.68. The molecule has 3 aromatic heterocycles. The standard InChI is InChI=1S/C18H14N6O3S/c25-18(23-26)14-8-13-15(28-14)17(24-4-6-27-7-5-24)21-16(20-13)10-2-1-3-12-11(10)9-19-22-12/h1-3,8-9H,4-7H2,(H,19,22). The lowest BCUT2D eigenvalue weighted by atomic mass is 10.1. The summed E-state index contributed by atoms with van der Waals surface area (Å²) in [5.74, 6) is 0.477. The van der Waals surface area contributed by atoms with Crippen molar-refractivity contribution < 1.29 is 9.53 Å². The molecule has 0 aliphatic carbocycles. The van der Waals surface area contributed by atoms with E-state index in [1.54, 1.807) is 12.3 Å². The Morgan fingerprint density at radius 1 is 1.25 bits per heavy atom. The first-order valence-electron chi connectivity index (χ1n) is 8.69. The molecular weight excluding hydrogens is 380 g/mol. The van der Waals surface area contributed by atoms with Crippen molar-refractivity contribution >= 4 is 44.2 Å². The van der Waals surface area contributed by atoms with Crippen LogP contribution in [0, 0.1) is 4.91 Å². The zero-order chi connectivity index (χ0) is 19.1. The van der Waals surface area contributed by atoms with E-state index >= 15 is 0 Å². The monoisotopic (exact) mass is 394 g/mol. The molecule has 1 aromatic carbocycles. The fourth-order valence-corrected chi connectivity index (χ4v) is 4.33. The fourth-order valence-electron chi connectivity index (χ4n) is 3.34. The van der Waals surface area contributed by atoms with Gasteiger partial charge in [-0.1, -0.05) is 12.1 Å². The van der Waals surface area contributed by atoms with Gasteiger partial charge < -0.3 is 9.64 Å². The number of rotatable bonds is 3. The third kappa shape index (κ3) is 2.74. The third-order valence-corrected chi connectivity index (χ3v) is 5.79. The number of aromatic amines is 1. The van der Waals surface area contributed by atoms with Gasteiger partial charge in [-0.2, -0.15) is 5.10 Å². The van der Waals surface area contributed by atoms with E-state index in [2.05, 4.69) is 25.3 Å². The minimum absolute atomic E-state index is 0.257. The van der Waals surface area contributed by atoms with Crippen LogP contribution in [0.4, 0.5) is 5.82 Å². The van der Waals surface area contributed by atoms with Crippen molar-refractivity contribution in [3.05, 3.63) is 40.2 Å². The van der Waals surface area contributed by atoms with E-state index in [-0.39, 0.29) is 4.88 Å². The molecule has 0 bridgehead atoms. The van der Waals surface area contributed by atoms with Crippen molar-refractivity contribution in [2.24, 2.45) is 5.18 Å². The van der Waals surface area contributed by atoms with Crippen LogP contribution in [0.15, 0.2) is 35.6 Å². The number of anilines is 1. The molecule has 0 spiro atoms. The van der Waals surface area contributed by atoms with E-state index in [4.69, 9.17) is 9.72 Å². The number of carbonyl (C=O) groups excluding carboxylic acids is 1. The van der Waals surface area contributed by atoms with E-state index in [9.17, 15) is 9.70 Å². The molecule has 10 heteroatoms. The van der Waals surface area contributed by atoms with Gasteiger partial charge in [-0.3, -0.25) is 9.89 Å². The summed E-state index contributed by atoms with van der Waals surface area (Å²) in [6.45, 7) is 2.58. The van der Waals surface area contributed by atoms with Crippen molar-refractivity contribution in [2.45, 2.75) is 0 Å². The summed E-state index contributed by atoms with van der Waals surface area (Å²) in [4.78, 5) is 34.4. The van der Waals surface area contributed by atoms with Crippen molar-refractivity contribution in [3.63, 3.8) is 0 Å². The number of nitrogens with one attached hydrogen (secondary N) is 1. The van der Waals surface area contributed by atoms with Crippen LogP contribution in [0.5, 0.6) is 0 Å². The highest BCUT2D eigenvalue weighted by atomic mass is 32.1. The molecule has 5 rings (SSSR count). The summed E-state index contributed by atoms with van der Waals surface area (Å²) < 4.78 is 6.21. The number of nitroso groups, excluding NO2 is 1. The number of hydrogen-bond acceptors (Lipinski definition) is 8. The van der Waals surface area contributed by atoms with E-state index in [0.29, 0.717) is 37.6 Å². The van der Waals surface area contributed by atoms with Gasteiger partial charge in [-0.15, -0.1) is 16.2 Å². The van der Waals surface area contributed by atoms with Crippen molar-refractivity contribution in [1.29, 1.82) is 0 Å². The molecule has 1 N–H and O–H groups in total. The summed E-state index contributed by atoms with van der Waals surface area (Å²) in [7, 11) is 0. The van der Waals surface area contributed by atoms with Crippen LogP contribution in [0.25, 0.3) is 32.5 Å². The average molecular weight is 394 g/mol. The van der Waals surface area contributed by atoms with Gasteiger partial charge in [-0.25, -0.2) is 9.97 Å². The Morgan fingerprint density at radius 3 is 2.93 bits per heavy atom. The number of amides is 1. The molecule has 1 aliphatic heterocycles. The van der Waals surface area contributed by atoms with Crippen molar-refractivity contribution in [3.8, 4) is 11.4 Å². The number of nitrogens with zero attached hydrogens (tertiary/aromatic N) is 5. The molecule has 4 aromatic rings. The Balaban J connectivity index is 1.75. The molecule has 0 unspecified atom stereocenters. The molecule has 1 aliphatic rings. The first-order valence-corrected chi connectivity index (χ1v) is 9.50. The molecule has 0 atom stereocenters. The number of morpholine rings is 1. The van der Waals surface area contributed by atoms with Gasteiger partial charge in [-0.05, 0) is 12.1 Å². The Kier molecular flexibility index (Phi) is 4.06.